The molecule has 2 aromatic heterocycles. The fourth-order valence-electron chi connectivity index (χ4n) is 2.87. The Bertz CT molecular complexity index is 607. The summed E-state index contributed by atoms with van der Waals surface area (Å²) in [7, 11) is 0. The maximum absolute atomic E-state index is 11.9. The number of β-amino-alcohol motifs (C(OH)–C–C–N with tert-alkyl or cyclic N) is 1. The number of hydrogen-bond donors (Lipinski definition) is 2. The van der Waals surface area contributed by atoms with Crippen LogP contribution in [0, 0.1) is 0 Å². The first kappa shape index (κ1) is 15.0. The largest absolute Gasteiger partial charge is 0.392 e. The molecule has 22 heavy (non-hydrogen) atoms. The third kappa shape index (κ3) is 3.84. The third-order valence-electron chi connectivity index (χ3n) is 3.97. The van der Waals surface area contributed by atoms with E-state index in [2.05, 4.69) is 10.3 Å². The molecule has 0 saturated carbocycles. The van der Waals surface area contributed by atoms with Crippen molar-refractivity contribution in [3.05, 3.63) is 36.3 Å². The molecule has 3 rings (SSSR count). The van der Waals surface area contributed by atoms with Gasteiger partial charge in [-0.1, -0.05) is 6.07 Å². The average Bonchev–Trinajstić information content (AvgIpc) is 2.90. The number of nitrogens with one attached hydrogen (secondary N) is 1. The molecule has 1 saturated heterocycles. The van der Waals surface area contributed by atoms with Gasteiger partial charge >= 0.3 is 0 Å². The molecule has 6 nitrogen and oxygen atoms in total. The van der Waals surface area contributed by atoms with Crippen molar-refractivity contribution in [2.24, 2.45) is 0 Å². The zero-order valence-corrected chi connectivity index (χ0v) is 12.6. The smallest absolute Gasteiger partial charge is 0.234 e. The Kier molecular flexibility index (Phi) is 4.70. The summed E-state index contributed by atoms with van der Waals surface area (Å²) in [5.74, 6) is 0.0119. The van der Waals surface area contributed by atoms with Gasteiger partial charge in [0.25, 0.3) is 0 Å². The fourth-order valence-corrected chi connectivity index (χ4v) is 2.87. The van der Waals surface area contributed by atoms with Crippen molar-refractivity contribution in [3.63, 3.8) is 0 Å². The number of hydrogen-bond acceptors (Lipinski definition) is 4. The van der Waals surface area contributed by atoms with E-state index in [0.29, 0.717) is 19.6 Å². The van der Waals surface area contributed by atoms with Crippen molar-refractivity contribution in [2.75, 3.05) is 26.2 Å². The van der Waals surface area contributed by atoms with E-state index in [1.54, 1.807) is 0 Å². The molecule has 0 bridgehead atoms. The summed E-state index contributed by atoms with van der Waals surface area (Å²) in [6.45, 7) is 2.43. The number of nitrogens with zero attached hydrogens (tertiary/aromatic N) is 3. The average molecular weight is 302 g/mol. The Labute approximate surface area is 129 Å². The highest BCUT2D eigenvalue weighted by atomic mass is 16.3. The van der Waals surface area contributed by atoms with Crippen LogP contribution in [0.15, 0.2) is 30.6 Å². The maximum Gasteiger partial charge on any atom is 0.234 e. The predicted molar refractivity (Wildman–Crippen MR) is 83.6 cm³/mol. The second kappa shape index (κ2) is 6.89. The molecule has 1 amide bonds. The maximum atomic E-state index is 11.9. The molecule has 1 fully saturated rings. The zero-order valence-electron chi connectivity index (χ0n) is 12.6. The number of aromatic nitrogens is 2. The van der Waals surface area contributed by atoms with Gasteiger partial charge in [0.15, 0.2) is 0 Å². The topological polar surface area (TPSA) is 69.9 Å². The molecule has 0 radical (unpaired) electrons. The van der Waals surface area contributed by atoms with E-state index >= 15 is 0 Å². The molecule has 3 heterocycles. The molecule has 1 aliphatic heterocycles. The first-order chi connectivity index (χ1) is 10.7. The van der Waals surface area contributed by atoms with Crippen LogP contribution in [0.1, 0.15) is 18.5 Å². The van der Waals surface area contributed by atoms with Gasteiger partial charge in [0.05, 0.1) is 18.3 Å². The van der Waals surface area contributed by atoms with E-state index in [0.717, 1.165) is 37.1 Å². The van der Waals surface area contributed by atoms with Gasteiger partial charge in [0.1, 0.15) is 5.65 Å². The van der Waals surface area contributed by atoms with Crippen molar-refractivity contribution in [1.29, 1.82) is 0 Å². The molecule has 6 heteroatoms. The van der Waals surface area contributed by atoms with Gasteiger partial charge < -0.3 is 14.8 Å². The van der Waals surface area contributed by atoms with E-state index in [1.807, 2.05) is 39.9 Å². The van der Waals surface area contributed by atoms with E-state index in [-0.39, 0.29) is 12.0 Å². The summed E-state index contributed by atoms with van der Waals surface area (Å²) in [6.07, 6.45) is 6.17. The van der Waals surface area contributed by atoms with Crippen molar-refractivity contribution in [1.82, 2.24) is 19.6 Å². The number of carbonyl (C=O) groups excluding carboxylic acids is 1. The number of pyridine rings is 1. The van der Waals surface area contributed by atoms with Gasteiger partial charge in [0, 0.05) is 31.9 Å². The van der Waals surface area contributed by atoms with E-state index in [4.69, 9.17) is 0 Å². The number of amides is 1. The third-order valence-corrected chi connectivity index (χ3v) is 3.97. The fraction of sp³-hybridized carbons (Fsp3) is 0.500. The van der Waals surface area contributed by atoms with Crippen LogP contribution in [0.25, 0.3) is 5.65 Å². The van der Waals surface area contributed by atoms with Crippen molar-refractivity contribution >= 4 is 11.6 Å². The number of carbonyl (C=O) groups is 1. The van der Waals surface area contributed by atoms with Gasteiger partial charge in [-0.3, -0.25) is 9.69 Å². The normalized spacial score (nSPS) is 19.4. The first-order valence-corrected chi connectivity index (χ1v) is 7.80. The summed E-state index contributed by atoms with van der Waals surface area (Å²) >= 11 is 0. The molecule has 0 spiro atoms. The highest BCUT2D eigenvalue weighted by Crippen LogP contribution is 2.09. The molecule has 1 atom stereocenters. The van der Waals surface area contributed by atoms with Crippen LogP contribution in [-0.2, 0) is 11.2 Å². The highest BCUT2D eigenvalue weighted by Gasteiger charge is 2.19. The van der Waals surface area contributed by atoms with Crippen LogP contribution in [-0.4, -0.2) is 57.6 Å². The van der Waals surface area contributed by atoms with Gasteiger partial charge in [-0.15, -0.1) is 0 Å². The van der Waals surface area contributed by atoms with Gasteiger partial charge in [-0.05, 0) is 31.5 Å². The number of aliphatic hydroxyl groups is 1. The minimum atomic E-state index is -0.292. The first-order valence-electron chi connectivity index (χ1n) is 7.80. The SMILES string of the molecule is O=C(CN1CCC[C@H](O)C1)NCCc1cn2ccccc2n1. The lowest BCUT2D eigenvalue weighted by atomic mass is 10.1. The van der Waals surface area contributed by atoms with Gasteiger partial charge in [-0.25, -0.2) is 4.98 Å². The number of imidazole rings is 1. The Morgan fingerprint density at radius 1 is 1.45 bits per heavy atom. The lowest BCUT2D eigenvalue weighted by Gasteiger charge is -2.29. The van der Waals surface area contributed by atoms with Crippen LogP contribution in [0.5, 0.6) is 0 Å². The summed E-state index contributed by atoms with van der Waals surface area (Å²) in [6, 6.07) is 5.89. The van der Waals surface area contributed by atoms with Crippen LogP contribution in [0.3, 0.4) is 0 Å². The lowest BCUT2D eigenvalue weighted by Crippen LogP contribution is -2.44. The summed E-state index contributed by atoms with van der Waals surface area (Å²) in [5.41, 5.74) is 1.89. The standard InChI is InChI=1S/C16H22N4O2/c21-14-4-3-8-19(11-14)12-16(22)17-7-6-13-10-20-9-2-1-5-15(20)18-13/h1-2,5,9-10,14,21H,3-4,6-8,11-12H2,(H,17,22)/t14-/m0/s1. The molecule has 0 aliphatic carbocycles. The minimum Gasteiger partial charge on any atom is -0.392 e. The van der Waals surface area contributed by atoms with E-state index in [9.17, 15) is 9.90 Å². The second-order valence-electron chi connectivity index (χ2n) is 5.83. The Balaban J connectivity index is 1.43. The van der Waals surface area contributed by atoms with Crippen LogP contribution < -0.4 is 5.32 Å². The van der Waals surface area contributed by atoms with Crippen molar-refractivity contribution in [3.8, 4) is 0 Å². The molecule has 2 N–H and O–H groups in total. The number of piperidine rings is 1. The Hall–Kier alpha value is -1.92. The molecule has 118 valence electrons. The highest BCUT2D eigenvalue weighted by molar-refractivity contribution is 5.78. The summed E-state index contributed by atoms with van der Waals surface area (Å²) in [4.78, 5) is 18.4. The molecule has 0 unspecified atom stereocenters. The zero-order chi connectivity index (χ0) is 15.4. The van der Waals surface area contributed by atoms with Crippen LogP contribution in [0.2, 0.25) is 0 Å². The Morgan fingerprint density at radius 3 is 3.18 bits per heavy atom. The summed E-state index contributed by atoms with van der Waals surface area (Å²) < 4.78 is 1.98. The lowest BCUT2D eigenvalue weighted by molar-refractivity contribution is -0.122. The second-order valence-corrected chi connectivity index (χ2v) is 5.83. The number of aliphatic hydroxyl groups excluding tert-OH is 1. The molecular formula is C16H22N4O2. The van der Waals surface area contributed by atoms with Crippen molar-refractivity contribution in [2.45, 2.75) is 25.4 Å². The molecular weight excluding hydrogens is 280 g/mol. The van der Waals surface area contributed by atoms with Crippen LogP contribution in [0.4, 0.5) is 0 Å². The predicted octanol–water partition coefficient (Wildman–Crippen LogP) is 0.450. The Morgan fingerprint density at radius 2 is 2.36 bits per heavy atom. The molecule has 0 aromatic carbocycles. The van der Waals surface area contributed by atoms with Crippen LogP contribution >= 0.6 is 0 Å². The number of rotatable bonds is 5. The quantitative estimate of drug-likeness (QED) is 0.841. The van der Waals surface area contributed by atoms with Gasteiger partial charge in [-0.2, -0.15) is 0 Å². The van der Waals surface area contributed by atoms with Crippen molar-refractivity contribution < 1.29 is 9.90 Å². The number of likely N-dealkylation sites (tertiary alicyclic amines) is 1. The summed E-state index contributed by atoms with van der Waals surface area (Å²) in [5, 5.41) is 12.5. The van der Waals surface area contributed by atoms with E-state index in [1.165, 1.54) is 0 Å². The van der Waals surface area contributed by atoms with E-state index < -0.39 is 0 Å². The van der Waals surface area contributed by atoms with Gasteiger partial charge in [0.2, 0.25) is 5.91 Å². The number of fused-ring (bicyclic) bond motifs is 1. The molecule has 2 aromatic rings. The monoisotopic (exact) mass is 302 g/mol. The molecule has 1 aliphatic rings. The minimum absolute atomic E-state index is 0.0119.